The Kier molecular flexibility index (Phi) is 1.96. The first-order valence-electron chi connectivity index (χ1n) is 4.28. The molecule has 0 radical (unpaired) electrons. The van der Waals surface area contributed by atoms with Gasteiger partial charge in [-0.3, -0.25) is 0 Å². The van der Waals surface area contributed by atoms with Crippen molar-refractivity contribution in [1.29, 1.82) is 0 Å². The fourth-order valence-corrected chi connectivity index (χ4v) is 1.78. The zero-order chi connectivity index (χ0) is 8.65. The van der Waals surface area contributed by atoms with Crippen LogP contribution in [0.5, 0.6) is 0 Å². The van der Waals surface area contributed by atoms with Gasteiger partial charge in [-0.15, -0.1) is 0 Å². The fourth-order valence-electron chi connectivity index (χ4n) is 1.78. The predicted octanol–water partition coefficient (Wildman–Crippen LogP) is 3.70. The topological polar surface area (TPSA) is 0 Å². The quantitative estimate of drug-likeness (QED) is 0.494. The molecule has 0 nitrogen and oxygen atoms in total. The minimum atomic E-state index is 0.359. The van der Waals surface area contributed by atoms with Crippen molar-refractivity contribution in [3.05, 3.63) is 22.8 Å². The molecule has 0 aromatic carbocycles. The summed E-state index contributed by atoms with van der Waals surface area (Å²) < 4.78 is 0. The Morgan fingerprint density at radius 2 is 1.73 bits per heavy atom. The second-order valence-corrected chi connectivity index (χ2v) is 4.58. The van der Waals surface area contributed by atoms with Gasteiger partial charge in [0, 0.05) is 0 Å². The smallest absolute Gasteiger partial charge is 0.00970 e. The molecule has 0 aromatic rings. The van der Waals surface area contributed by atoms with Crippen LogP contribution in [0, 0.1) is 5.41 Å². The summed E-state index contributed by atoms with van der Waals surface area (Å²) in [5, 5.41) is 0. The summed E-state index contributed by atoms with van der Waals surface area (Å²) in [6.07, 6.45) is 3.50. The molecule has 1 aliphatic rings. The van der Waals surface area contributed by atoms with Crippen molar-refractivity contribution in [3.63, 3.8) is 0 Å². The minimum Gasteiger partial charge on any atom is -0.0690 e. The Bertz CT molecular complexity index is 221. The molecule has 0 N–H and O–H groups in total. The van der Waals surface area contributed by atoms with Crippen LogP contribution in [-0.2, 0) is 0 Å². The molecule has 0 amide bonds. The largest absolute Gasteiger partial charge is 0.0690 e. The number of rotatable bonds is 0. The van der Waals surface area contributed by atoms with Crippen molar-refractivity contribution in [2.75, 3.05) is 0 Å². The zero-order valence-electron chi connectivity index (χ0n) is 8.28. The maximum atomic E-state index is 2.31. The van der Waals surface area contributed by atoms with Gasteiger partial charge in [-0.1, -0.05) is 43.6 Å². The molecule has 0 saturated heterocycles. The monoisotopic (exact) mass is 150 g/mol. The van der Waals surface area contributed by atoms with E-state index < -0.39 is 0 Å². The van der Waals surface area contributed by atoms with Gasteiger partial charge in [0.15, 0.2) is 0 Å². The van der Waals surface area contributed by atoms with Crippen LogP contribution in [0.25, 0.3) is 0 Å². The van der Waals surface area contributed by atoms with Crippen molar-refractivity contribution in [2.24, 2.45) is 5.41 Å². The third-order valence-corrected chi connectivity index (χ3v) is 2.30. The van der Waals surface area contributed by atoms with Crippen LogP contribution in [0.1, 0.15) is 41.0 Å². The average Bonchev–Trinajstić information content (AvgIpc) is 2.08. The first-order chi connectivity index (χ1) is 4.91. The Balaban J connectivity index is 2.88. The maximum Gasteiger partial charge on any atom is -0.00970 e. The molecule has 0 aliphatic heterocycles. The highest BCUT2D eigenvalue weighted by atomic mass is 14.3. The standard InChI is InChI=1S/C11H18/c1-8-6-9(2)10(7-8)11(3,4)5/h6H,7H2,1-5H3. The van der Waals surface area contributed by atoms with Crippen molar-refractivity contribution >= 4 is 0 Å². The predicted molar refractivity (Wildman–Crippen MR) is 50.5 cm³/mol. The summed E-state index contributed by atoms with van der Waals surface area (Å²) >= 11 is 0. The summed E-state index contributed by atoms with van der Waals surface area (Å²) in [5.74, 6) is 0. The van der Waals surface area contributed by atoms with E-state index in [2.05, 4.69) is 40.7 Å². The van der Waals surface area contributed by atoms with Gasteiger partial charge < -0.3 is 0 Å². The Morgan fingerprint density at radius 1 is 1.18 bits per heavy atom. The lowest BCUT2D eigenvalue weighted by Crippen LogP contribution is -2.09. The van der Waals surface area contributed by atoms with Crippen molar-refractivity contribution in [1.82, 2.24) is 0 Å². The summed E-state index contributed by atoms with van der Waals surface area (Å²) in [6, 6.07) is 0. The SMILES string of the molecule is CC1=CC(C)=C(C(C)(C)C)C1. The van der Waals surface area contributed by atoms with E-state index in [0.29, 0.717) is 5.41 Å². The lowest BCUT2D eigenvalue weighted by Gasteiger charge is -2.22. The van der Waals surface area contributed by atoms with Crippen LogP contribution in [0.2, 0.25) is 0 Å². The molecule has 62 valence electrons. The lowest BCUT2D eigenvalue weighted by molar-refractivity contribution is 0.491. The molecule has 0 atom stereocenters. The van der Waals surface area contributed by atoms with Gasteiger partial charge in [-0.05, 0) is 25.7 Å². The van der Waals surface area contributed by atoms with Gasteiger partial charge in [0.25, 0.3) is 0 Å². The molecule has 1 aliphatic carbocycles. The third kappa shape index (κ3) is 1.74. The molecule has 0 heteroatoms. The van der Waals surface area contributed by atoms with E-state index in [9.17, 15) is 0 Å². The third-order valence-electron chi connectivity index (χ3n) is 2.30. The van der Waals surface area contributed by atoms with E-state index in [-0.39, 0.29) is 0 Å². The molecule has 0 unspecified atom stereocenters. The second kappa shape index (κ2) is 2.51. The van der Waals surface area contributed by atoms with E-state index in [1.807, 2.05) is 0 Å². The highest BCUT2D eigenvalue weighted by molar-refractivity contribution is 5.39. The lowest BCUT2D eigenvalue weighted by atomic mass is 9.83. The van der Waals surface area contributed by atoms with Crippen molar-refractivity contribution in [3.8, 4) is 0 Å². The summed E-state index contributed by atoms with van der Waals surface area (Å²) in [4.78, 5) is 0. The number of hydrogen-bond donors (Lipinski definition) is 0. The molecule has 11 heavy (non-hydrogen) atoms. The van der Waals surface area contributed by atoms with Crippen LogP contribution in [0.4, 0.5) is 0 Å². The van der Waals surface area contributed by atoms with Crippen LogP contribution >= 0.6 is 0 Å². The molecule has 1 rings (SSSR count). The number of allylic oxidation sites excluding steroid dienone is 4. The number of hydrogen-bond acceptors (Lipinski definition) is 0. The second-order valence-electron chi connectivity index (χ2n) is 4.58. The zero-order valence-corrected chi connectivity index (χ0v) is 8.28. The molecule has 0 fully saturated rings. The summed E-state index contributed by atoms with van der Waals surface area (Å²) in [5.41, 5.74) is 4.95. The molecule has 0 aromatic heterocycles. The highest BCUT2D eigenvalue weighted by Gasteiger charge is 2.21. The summed E-state index contributed by atoms with van der Waals surface area (Å²) in [7, 11) is 0. The van der Waals surface area contributed by atoms with Crippen molar-refractivity contribution in [2.45, 2.75) is 41.0 Å². The minimum absolute atomic E-state index is 0.359. The van der Waals surface area contributed by atoms with Crippen molar-refractivity contribution < 1.29 is 0 Å². The van der Waals surface area contributed by atoms with E-state index in [1.165, 1.54) is 17.6 Å². The molecular formula is C11H18. The first kappa shape index (κ1) is 8.58. The molecule has 0 saturated carbocycles. The molecule has 0 spiro atoms. The fraction of sp³-hybridized carbons (Fsp3) is 0.636. The van der Waals surface area contributed by atoms with Gasteiger partial charge in [0.05, 0.1) is 0 Å². The van der Waals surface area contributed by atoms with Gasteiger partial charge in [0.2, 0.25) is 0 Å². The normalized spacial score (nSPS) is 19.2. The summed E-state index contributed by atoms with van der Waals surface area (Å²) in [6.45, 7) is 11.3. The van der Waals surface area contributed by atoms with E-state index in [0.717, 1.165) is 0 Å². The Labute approximate surface area is 70.0 Å². The Hall–Kier alpha value is -0.520. The Morgan fingerprint density at radius 3 is 1.91 bits per heavy atom. The first-order valence-corrected chi connectivity index (χ1v) is 4.28. The van der Waals surface area contributed by atoms with Crippen LogP contribution < -0.4 is 0 Å². The van der Waals surface area contributed by atoms with E-state index in [4.69, 9.17) is 0 Å². The average molecular weight is 150 g/mol. The molecular weight excluding hydrogens is 132 g/mol. The van der Waals surface area contributed by atoms with E-state index >= 15 is 0 Å². The van der Waals surface area contributed by atoms with Gasteiger partial charge in [-0.25, -0.2) is 0 Å². The van der Waals surface area contributed by atoms with Crippen LogP contribution in [-0.4, -0.2) is 0 Å². The maximum absolute atomic E-state index is 2.31. The van der Waals surface area contributed by atoms with Crippen LogP contribution in [0.3, 0.4) is 0 Å². The molecule has 0 bridgehead atoms. The van der Waals surface area contributed by atoms with Gasteiger partial charge in [0.1, 0.15) is 0 Å². The van der Waals surface area contributed by atoms with Gasteiger partial charge >= 0.3 is 0 Å². The highest BCUT2D eigenvalue weighted by Crippen LogP contribution is 2.37. The van der Waals surface area contributed by atoms with E-state index in [1.54, 1.807) is 5.57 Å². The van der Waals surface area contributed by atoms with Gasteiger partial charge in [-0.2, -0.15) is 0 Å². The molecule has 0 heterocycles. The van der Waals surface area contributed by atoms with Crippen LogP contribution in [0.15, 0.2) is 22.8 Å².